The molecule has 0 spiro atoms. The summed E-state index contributed by atoms with van der Waals surface area (Å²) in [6, 6.07) is 8.03. The summed E-state index contributed by atoms with van der Waals surface area (Å²) < 4.78 is 0. The van der Waals surface area contributed by atoms with Gasteiger partial charge in [-0.3, -0.25) is 4.98 Å². The summed E-state index contributed by atoms with van der Waals surface area (Å²) >= 11 is 0. The van der Waals surface area contributed by atoms with E-state index in [1.807, 2.05) is 50.3 Å². The summed E-state index contributed by atoms with van der Waals surface area (Å²) in [5.74, 6) is 0. The number of para-hydroxylation sites is 1. The van der Waals surface area contributed by atoms with E-state index in [4.69, 9.17) is 0 Å². The van der Waals surface area contributed by atoms with E-state index in [0.717, 1.165) is 22.2 Å². The first-order valence-corrected chi connectivity index (χ1v) is 6.49. The Hall–Kier alpha value is -1.65. The fourth-order valence-corrected chi connectivity index (χ4v) is 2.18. The number of pyridine rings is 1. The molecular weight excluding hydrogens is 238 g/mol. The number of nitrogens with zero attached hydrogens (tertiary/aromatic N) is 2. The lowest BCUT2D eigenvalue weighted by Crippen LogP contribution is -2.31. The molecule has 0 saturated heterocycles. The number of fused-ring (bicyclic) bond motifs is 1. The van der Waals surface area contributed by atoms with Gasteiger partial charge in [-0.2, -0.15) is 0 Å². The summed E-state index contributed by atoms with van der Waals surface area (Å²) in [7, 11) is 3.91. The predicted molar refractivity (Wildman–Crippen MR) is 79.5 cm³/mol. The highest BCUT2D eigenvalue weighted by atomic mass is 16.3. The number of aliphatic hydroxyl groups is 1. The first-order valence-electron chi connectivity index (χ1n) is 6.49. The molecule has 0 amide bonds. The van der Waals surface area contributed by atoms with Crippen molar-refractivity contribution >= 4 is 16.6 Å². The normalized spacial score (nSPS) is 12.9. The molecule has 0 aliphatic rings. The van der Waals surface area contributed by atoms with Gasteiger partial charge in [0.1, 0.15) is 0 Å². The second-order valence-corrected chi connectivity index (χ2v) is 5.13. The van der Waals surface area contributed by atoms with Crippen molar-refractivity contribution < 1.29 is 5.11 Å². The summed E-state index contributed by atoms with van der Waals surface area (Å²) in [5.41, 5.74) is 3.12. The Labute approximate surface area is 114 Å². The third-order valence-corrected chi connectivity index (χ3v) is 3.06. The summed E-state index contributed by atoms with van der Waals surface area (Å²) in [6.45, 7) is 3.21. The third-order valence-electron chi connectivity index (χ3n) is 3.06. The average molecular weight is 259 g/mol. The number of hydrogen-bond acceptors (Lipinski definition) is 4. The highest BCUT2D eigenvalue weighted by Gasteiger charge is 2.09. The van der Waals surface area contributed by atoms with Crippen molar-refractivity contribution in [1.82, 2.24) is 9.88 Å². The molecule has 2 rings (SSSR count). The van der Waals surface area contributed by atoms with Gasteiger partial charge in [0.2, 0.25) is 0 Å². The maximum atomic E-state index is 9.92. The third kappa shape index (κ3) is 3.43. The zero-order valence-electron chi connectivity index (χ0n) is 11.7. The van der Waals surface area contributed by atoms with E-state index < -0.39 is 0 Å². The minimum absolute atomic E-state index is 0.388. The van der Waals surface area contributed by atoms with Crippen molar-refractivity contribution in [2.24, 2.45) is 0 Å². The number of likely N-dealkylation sites (N-methyl/N-ethyl adjacent to an activating group) is 1. The zero-order valence-corrected chi connectivity index (χ0v) is 11.7. The number of hydrogen-bond donors (Lipinski definition) is 2. The summed E-state index contributed by atoms with van der Waals surface area (Å²) in [5, 5.41) is 14.4. The second-order valence-electron chi connectivity index (χ2n) is 5.13. The van der Waals surface area contributed by atoms with E-state index >= 15 is 0 Å². The smallest absolute Gasteiger partial charge is 0.0838 e. The Balaban J connectivity index is 2.18. The van der Waals surface area contributed by atoms with Gasteiger partial charge in [0, 0.05) is 30.4 Å². The van der Waals surface area contributed by atoms with Gasteiger partial charge in [0.25, 0.3) is 0 Å². The van der Waals surface area contributed by atoms with Crippen LogP contribution >= 0.6 is 0 Å². The van der Waals surface area contributed by atoms with Crippen LogP contribution in [0.5, 0.6) is 0 Å². The van der Waals surface area contributed by atoms with Crippen LogP contribution in [0.25, 0.3) is 10.9 Å². The molecule has 4 nitrogen and oxygen atoms in total. The molecule has 0 fully saturated rings. The Kier molecular flexibility index (Phi) is 4.35. The lowest BCUT2D eigenvalue weighted by atomic mass is 10.1. The number of anilines is 1. The van der Waals surface area contributed by atoms with Crippen LogP contribution in [0.3, 0.4) is 0 Å². The quantitative estimate of drug-likeness (QED) is 0.860. The minimum Gasteiger partial charge on any atom is -0.390 e. The highest BCUT2D eigenvalue weighted by molar-refractivity contribution is 5.92. The van der Waals surface area contributed by atoms with Gasteiger partial charge in [-0.05, 0) is 32.6 Å². The van der Waals surface area contributed by atoms with Crippen molar-refractivity contribution in [2.45, 2.75) is 13.0 Å². The standard InChI is InChI=1S/C15H21N3O/c1-11-8-16-14-7-5-4-6-13(14)15(11)17-9-12(19)10-18(2)3/h4-8,12,19H,9-10H2,1-3H3,(H,16,17). The molecule has 2 aromatic rings. The summed E-state index contributed by atoms with van der Waals surface area (Å²) in [4.78, 5) is 6.38. The van der Waals surface area contributed by atoms with Gasteiger partial charge in [-0.25, -0.2) is 0 Å². The Morgan fingerprint density at radius 2 is 2.05 bits per heavy atom. The van der Waals surface area contributed by atoms with Gasteiger partial charge in [0.05, 0.1) is 11.6 Å². The molecular formula is C15H21N3O. The average Bonchev–Trinajstić information content (AvgIpc) is 2.36. The number of benzene rings is 1. The van der Waals surface area contributed by atoms with Gasteiger partial charge < -0.3 is 15.3 Å². The molecule has 0 aliphatic carbocycles. The van der Waals surface area contributed by atoms with Crippen LogP contribution < -0.4 is 5.32 Å². The first kappa shape index (κ1) is 13.8. The fraction of sp³-hybridized carbons (Fsp3) is 0.400. The van der Waals surface area contributed by atoms with Gasteiger partial charge in [-0.15, -0.1) is 0 Å². The Morgan fingerprint density at radius 3 is 2.79 bits per heavy atom. The van der Waals surface area contributed by atoms with E-state index in [2.05, 4.69) is 16.4 Å². The topological polar surface area (TPSA) is 48.4 Å². The molecule has 2 N–H and O–H groups in total. The van der Waals surface area contributed by atoms with Crippen molar-refractivity contribution in [1.29, 1.82) is 0 Å². The molecule has 1 heterocycles. The number of aromatic nitrogens is 1. The molecule has 4 heteroatoms. The molecule has 1 atom stereocenters. The number of rotatable bonds is 5. The molecule has 0 saturated carbocycles. The SMILES string of the molecule is Cc1cnc2ccccc2c1NCC(O)CN(C)C. The van der Waals surface area contributed by atoms with E-state index in [1.165, 1.54) is 0 Å². The summed E-state index contributed by atoms with van der Waals surface area (Å²) in [6.07, 6.45) is 1.48. The number of aliphatic hydroxyl groups excluding tert-OH is 1. The largest absolute Gasteiger partial charge is 0.390 e. The van der Waals surface area contributed by atoms with Crippen LogP contribution in [0, 0.1) is 6.92 Å². The van der Waals surface area contributed by atoms with Crippen LogP contribution in [0.15, 0.2) is 30.5 Å². The van der Waals surface area contributed by atoms with Crippen molar-refractivity contribution in [2.75, 3.05) is 32.5 Å². The van der Waals surface area contributed by atoms with Gasteiger partial charge >= 0.3 is 0 Å². The maximum Gasteiger partial charge on any atom is 0.0838 e. The first-order chi connectivity index (χ1) is 9.08. The maximum absolute atomic E-state index is 9.92. The molecule has 0 aliphatic heterocycles. The van der Waals surface area contributed by atoms with E-state index in [1.54, 1.807) is 0 Å². The van der Waals surface area contributed by atoms with Crippen LogP contribution in [0.2, 0.25) is 0 Å². The van der Waals surface area contributed by atoms with E-state index in [9.17, 15) is 5.11 Å². The highest BCUT2D eigenvalue weighted by Crippen LogP contribution is 2.24. The molecule has 19 heavy (non-hydrogen) atoms. The zero-order chi connectivity index (χ0) is 13.8. The minimum atomic E-state index is -0.388. The number of nitrogens with one attached hydrogen (secondary N) is 1. The van der Waals surface area contributed by atoms with E-state index in [0.29, 0.717) is 13.1 Å². The van der Waals surface area contributed by atoms with Gasteiger partial charge in [0.15, 0.2) is 0 Å². The monoisotopic (exact) mass is 259 g/mol. The molecule has 1 unspecified atom stereocenters. The Bertz CT molecular complexity index is 554. The Morgan fingerprint density at radius 1 is 1.32 bits per heavy atom. The second kappa shape index (κ2) is 5.99. The molecule has 0 bridgehead atoms. The van der Waals surface area contributed by atoms with E-state index in [-0.39, 0.29) is 6.10 Å². The molecule has 0 radical (unpaired) electrons. The molecule has 1 aromatic heterocycles. The lowest BCUT2D eigenvalue weighted by Gasteiger charge is -2.18. The van der Waals surface area contributed by atoms with Crippen LogP contribution in [-0.4, -0.2) is 48.3 Å². The fourth-order valence-electron chi connectivity index (χ4n) is 2.18. The lowest BCUT2D eigenvalue weighted by molar-refractivity contribution is 0.148. The van der Waals surface area contributed by atoms with Crippen molar-refractivity contribution in [3.05, 3.63) is 36.0 Å². The van der Waals surface area contributed by atoms with Crippen molar-refractivity contribution in [3.63, 3.8) is 0 Å². The van der Waals surface area contributed by atoms with Crippen LogP contribution in [0.4, 0.5) is 5.69 Å². The number of aryl methyl sites for hydroxylation is 1. The van der Waals surface area contributed by atoms with Crippen LogP contribution in [-0.2, 0) is 0 Å². The predicted octanol–water partition coefficient (Wildman–Crippen LogP) is 1.88. The van der Waals surface area contributed by atoms with Gasteiger partial charge in [-0.1, -0.05) is 18.2 Å². The molecule has 102 valence electrons. The van der Waals surface area contributed by atoms with Crippen molar-refractivity contribution in [3.8, 4) is 0 Å². The molecule has 1 aromatic carbocycles. The van der Waals surface area contributed by atoms with Crippen LogP contribution in [0.1, 0.15) is 5.56 Å².